The molecule has 0 heterocycles. The SMILES string of the molecule is C=CCNCc1cccc(OCC=C)c1. The highest BCUT2D eigenvalue weighted by molar-refractivity contribution is 5.28. The van der Waals surface area contributed by atoms with Crippen LogP contribution in [0.5, 0.6) is 5.75 Å². The summed E-state index contributed by atoms with van der Waals surface area (Å²) in [5.41, 5.74) is 1.21. The normalized spacial score (nSPS) is 9.60. The van der Waals surface area contributed by atoms with Gasteiger partial charge in [-0.1, -0.05) is 30.9 Å². The number of ether oxygens (including phenoxy) is 1. The standard InChI is InChI=1S/C13H17NO/c1-3-8-14-11-12-6-5-7-13(10-12)15-9-4-2/h3-7,10,14H,1-2,8-9,11H2. The van der Waals surface area contributed by atoms with Gasteiger partial charge in [0.1, 0.15) is 12.4 Å². The van der Waals surface area contributed by atoms with Crippen LogP contribution in [0.2, 0.25) is 0 Å². The van der Waals surface area contributed by atoms with Crippen molar-refractivity contribution in [3.05, 3.63) is 55.1 Å². The summed E-state index contributed by atoms with van der Waals surface area (Å²) in [5, 5.41) is 3.24. The molecule has 0 unspecified atom stereocenters. The minimum atomic E-state index is 0.545. The van der Waals surface area contributed by atoms with Crippen LogP contribution in [-0.4, -0.2) is 13.2 Å². The number of hydrogen-bond donors (Lipinski definition) is 1. The van der Waals surface area contributed by atoms with E-state index in [1.54, 1.807) is 6.08 Å². The summed E-state index contributed by atoms with van der Waals surface area (Å²) in [7, 11) is 0. The molecule has 0 aliphatic heterocycles. The van der Waals surface area contributed by atoms with Gasteiger partial charge < -0.3 is 10.1 Å². The maximum Gasteiger partial charge on any atom is 0.120 e. The van der Waals surface area contributed by atoms with E-state index < -0.39 is 0 Å². The molecular weight excluding hydrogens is 186 g/mol. The summed E-state index contributed by atoms with van der Waals surface area (Å²) in [4.78, 5) is 0. The zero-order valence-electron chi connectivity index (χ0n) is 8.91. The average Bonchev–Trinajstić information content (AvgIpc) is 2.27. The van der Waals surface area contributed by atoms with Crippen LogP contribution < -0.4 is 10.1 Å². The van der Waals surface area contributed by atoms with Crippen LogP contribution in [0.15, 0.2) is 49.6 Å². The molecule has 0 spiro atoms. The third kappa shape index (κ3) is 4.47. The van der Waals surface area contributed by atoms with Gasteiger partial charge in [0, 0.05) is 13.1 Å². The summed E-state index contributed by atoms with van der Waals surface area (Å²) in [6, 6.07) is 8.03. The fourth-order valence-electron chi connectivity index (χ4n) is 1.22. The molecule has 1 rings (SSSR count). The minimum absolute atomic E-state index is 0.545. The van der Waals surface area contributed by atoms with Gasteiger partial charge in [-0.05, 0) is 17.7 Å². The highest BCUT2D eigenvalue weighted by Gasteiger charge is 1.95. The quantitative estimate of drug-likeness (QED) is 0.543. The number of hydrogen-bond acceptors (Lipinski definition) is 2. The van der Waals surface area contributed by atoms with E-state index in [9.17, 15) is 0 Å². The molecule has 0 saturated carbocycles. The molecule has 1 aromatic rings. The van der Waals surface area contributed by atoms with Gasteiger partial charge in [0.25, 0.3) is 0 Å². The van der Waals surface area contributed by atoms with Crippen LogP contribution in [0, 0.1) is 0 Å². The van der Waals surface area contributed by atoms with Crippen molar-refractivity contribution >= 4 is 0 Å². The third-order valence-corrected chi connectivity index (χ3v) is 1.88. The maximum atomic E-state index is 5.44. The lowest BCUT2D eigenvalue weighted by Gasteiger charge is -2.06. The molecule has 0 saturated heterocycles. The Labute approximate surface area is 91.3 Å². The van der Waals surface area contributed by atoms with Crippen LogP contribution in [0.25, 0.3) is 0 Å². The second kappa shape index (κ2) is 6.85. The molecule has 1 aromatic carbocycles. The Morgan fingerprint density at radius 1 is 1.27 bits per heavy atom. The fourth-order valence-corrected chi connectivity index (χ4v) is 1.22. The zero-order valence-corrected chi connectivity index (χ0v) is 8.91. The predicted molar refractivity (Wildman–Crippen MR) is 64.0 cm³/mol. The lowest BCUT2D eigenvalue weighted by atomic mass is 10.2. The van der Waals surface area contributed by atoms with Gasteiger partial charge in [0.15, 0.2) is 0 Å². The highest BCUT2D eigenvalue weighted by Crippen LogP contribution is 2.12. The first-order valence-corrected chi connectivity index (χ1v) is 5.01. The third-order valence-electron chi connectivity index (χ3n) is 1.88. The van der Waals surface area contributed by atoms with Crippen molar-refractivity contribution in [1.29, 1.82) is 0 Å². The van der Waals surface area contributed by atoms with Crippen molar-refractivity contribution < 1.29 is 4.74 Å². The molecule has 0 aromatic heterocycles. The van der Waals surface area contributed by atoms with Crippen molar-refractivity contribution in [2.24, 2.45) is 0 Å². The molecule has 0 bridgehead atoms. The first kappa shape index (κ1) is 11.5. The van der Waals surface area contributed by atoms with Gasteiger partial charge in [0.05, 0.1) is 0 Å². The van der Waals surface area contributed by atoms with Crippen molar-refractivity contribution in [2.45, 2.75) is 6.54 Å². The Bertz CT molecular complexity index is 320. The largest absolute Gasteiger partial charge is 0.490 e. The van der Waals surface area contributed by atoms with Crippen molar-refractivity contribution in [1.82, 2.24) is 5.32 Å². The Hall–Kier alpha value is -1.54. The van der Waals surface area contributed by atoms with E-state index in [0.29, 0.717) is 6.61 Å². The van der Waals surface area contributed by atoms with E-state index in [1.807, 2.05) is 24.3 Å². The molecule has 1 N–H and O–H groups in total. The molecule has 0 radical (unpaired) electrons. The maximum absolute atomic E-state index is 5.44. The fraction of sp³-hybridized carbons (Fsp3) is 0.231. The molecule has 0 atom stereocenters. The molecule has 2 heteroatoms. The minimum Gasteiger partial charge on any atom is -0.490 e. The Morgan fingerprint density at radius 3 is 2.87 bits per heavy atom. The van der Waals surface area contributed by atoms with Crippen LogP contribution >= 0.6 is 0 Å². The molecule has 80 valence electrons. The van der Waals surface area contributed by atoms with E-state index in [2.05, 4.69) is 24.5 Å². The zero-order chi connectivity index (χ0) is 10.9. The molecule has 2 nitrogen and oxygen atoms in total. The van der Waals surface area contributed by atoms with Crippen LogP contribution in [0.1, 0.15) is 5.56 Å². The van der Waals surface area contributed by atoms with Crippen LogP contribution in [0.4, 0.5) is 0 Å². The molecule has 0 aliphatic rings. The molecular formula is C13H17NO. The topological polar surface area (TPSA) is 21.3 Å². The Kier molecular flexibility index (Phi) is 5.26. The van der Waals surface area contributed by atoms with Gasteiger partial charge in [-0.3, -0.25) is 0 Å². The first-order valence-electron chi connectivity index (χ1n) is 5.01. The van der Waals surface area contributed by atoms with Crippen LogP contribution in [-0.2, 0) is 6.54 Å². The van der Waals surface area contributed by atoms with E-state index >= 15 is 0 Å². The summed E-state index contributed by atoms with van der Waals surface area (Å²) >= 11 is 0. The van der Waals surface area contributed by atoms with Crippen molar-refractivity contribution in [2.75, 3.05) is 13.2 Å². The lowest BCUT2D eigenvalue weighted by Crippen LogP contribution is -2.12. The lowest BCUT2D eigenvalue weighted by molar-refractivity contribution is 0.363. The van der Waals surface area contributed by atoms with Crippen molar-refractivity contribution in [3.8, 4) is 5.75 Å². The van der Waals surface area contributed by atoms with Gasteiger partial charge in [-0.2, -0.15) is 0 Å². The smallest absolute Gasteiger partial charge is 0.120 e. The summed E-state index contributed by atoms with van der Waals surface area (Å²) < 4.78 is 5.44. The number of nitrogens with one attached hydrogen (secondary N) is 1. The summed E-state index contributed by atoms with van der Waals surface area (Å²) in [6.45, 7) is 9.46. The summed E-state index contributed by atoms with van der Waals surface area (Å²) in [5.74, 6) is 0.882. The summed E-state index contributed by atoms with van der Waals surface area (Å²) in [6.07, 6.45) is 3.58. The van der Waals surface area contributed by atoms with E-state index in [-0.39, 0.29) is 0 Å². The Balaban J connectivity index is 2.49. The average molecular weight is 203 g/mol. The molecule has 15 heavy (non-hydrogen) atoms. The van der Waals surface area contributed by atoms with E-state index in [0.717, 1.165) is 18.8 Å². The number of rotatable bonds is 7. The molecule has 0 aliphatic carbocycles. The molecule has 0 amide bonds. The molecule has 0 fully saturated rings. The monoisotopic (exact) mass is 203 g/mol. The van der Waals surface area contributed by atoms with Gasteiger partial charge >= 0.3 is 0 Å². The second-order valence-corrected chi connectivity index (χ2v) is 3.17. The highest BCUT2D eigenvalue weighted by atomic mass is 16.5. The second-order valence-electron chi connectivity index (χ2n) is 3.17. The Morgan fingerprint density at radius 2 is 2.13 bits per heavy atom. The van der Waals surface area contributed by atoms with Gasteiger partial charge in [-0.15, -0.1) is 6.58 Å². The first-order chi connectivity index (χ1) is 7.36. The predicted octanol–water partition coefficient (Wildman–Crippen LogP) is 2.53. The van der Waals surface area contributed by atoms with Crippen molar-refractivity contribution in [3.63, 3.8) is 0 Å². The van der Waals surface area contributed by atoms with Gasteiger partial charge in [-0.25, -0.2) is 0 Å². The van der Waals surface area contributed by atoms with Gasteiger partial charge in [0.2, 0.25) is 0 Å². The number of benzene rings is 1. The van der Waals surface area contributed by atoms with Crippen LogP contribution in [0.3, 0.4) is 0 Å². The van der Waals surface area contributed by atoms with E-state index in [4.69, 9.17) is 4.74 Å². The van der Waals surface area contributed by atoms with E-state index in [1.165, 1.54) is 5.56 Å².